The molecule has 0 atom stereocenters. The Labute approximate surface area is 225 Å². The summed E-state index contributed by atoms with van der Waals surface area (Å²) in [6.45, 7) is 0.170. The lowest BCUT2D eigenvalue weighted by Crippen LogP contribution is -2.54. The van der Waals surface area contributed by atoms with E-state index < -0.39 is 23.7 Å². The minimum Gasteiger partial charge on any atom is -0.486 e. The average molecular weight is 643 g/mol. The van der Waals surface area contributed by atoms with E-state index in [-0.39, 0.29) is 17.9 Å². The van der Waals surface area contributed by atoms with Crippen molar-refractivity contribution in [3.63, 3.8) is 0 Å². The second-order valence-electron chi connectivity index (χ2n) is 7.27. The van der Waals surface area contributed by atoms with Crippen LogP contribution < -0.4 is 15.0 Å². The van der Waals surface area contributed by atoms with Crippen LogP contribution in [0.25, 0.3) is 6.08 Å². The molecule has 1 saturated heterocycles. The van der Waals surface area contributed by atoms with Gasteiger partial charge in [-0.1, -0.05) is 29.3 Å². The quantitative estimate of drug-likeness (QED) is 0.243. The van der Waals surface area contributed by atoms with Gasteiger partial charge in [0.05, 0.1) is 14.6 Å². The second kappa shape index (κ2) is 10.5. The highest BCUT2D eigenvalue weighted by Crippen LogP contribution is 2.37. The monoisotopic (exact) mass is 640 g/mol. The van der Waals surface area contributed by atoms with Crippen molar-refractivity contribution >= 4 is 84.7 Å². The summed E-state index contributed by atoms with van der Waals surface area (Å²) in [6, 6.07) is 12.2. The number of anilines is 1. The van der Waals surface area contributed by atoms with Gasteiger partial charge in [0, 0.05) is 15.6 Å². The summed E-state index contributed by atoms with van der Waals surface area (Å²) in [6.07, 6.45) is 1.34. The first-order valence-corrected chi connectivity index (χ1v) is 12.2. The SMILES string of the molecule is O=C1NC(=O)N(c2ccc(F)cc2)C(=O)/C1=C/c1cc(Br)c(OCc2ccc(Cl)cc2Cl)c(Br)c1. The number of urea groups is 1. The number of rotatable bonds is 5. The molecule has 3 aromatic carbocycles. The Hall–Kier alpha value is -2.72. The van der Waals surface area contributed by atoms with Crippen molar-refractivity contribution in [2.24, 2.45) is 0 Å². The average Bonchev–Trinajstić information content (AvgIpc) is 2.78. The molecule has 1 heterocycles. The third-order valence-corrected chi connectivity index (χ3v) is 6.67. The highest BCUT2D eigenvalue weighted by atomic mass is 79.9. The largest absolute Gasteiger partial charge is 0.486 e. The molecule has 11 heteroatoms. The zero-order valence-corrected chi connectivity index (χ0v) is 22.1. The number of barbiturate groups is 1. The van der Waals surface area contributed by atoms with E-state index in [2.05, 4.69) is 37.2 Å². The summed E-state index contributed by atoms with van der Waals surface area (Å²) in [5.74, 6) is -1.74. The molecule has 178 valence electrons. The number of amides is 4. The minimum atomic E-state index is -0.921. The maximum absolute atomic E-state index is 13.3. The molecular weight excluding hydrogens is 630 g/mol. The van der Waals surface area contributed by atoms with Crippen LogP contribution in [0.15, 0.2) is 69.1 Å². The van der Waals surface area contributed by atoms with Crippen LogP contribution in [0.1, 0.15) is 11.1 Å². The van der Waals surface area contributed by atoms with Crippen LogP contribution in [0.5, 0.6) is 5.75 Å². The van der Waals surface area contributed by atoms with E-state index in [1.54, 1.807) is 30.3 Å². The van der Waals surface area contributed by atoms with Crippen molar-refractivity contribution in [3.8, 4) is 5.75 Å². The van der Waals surface area contributed by atoms with Gasteiger partial charge in [-0.05, 0) is 92.0 Å². The molecule has 1 fully saturated rings. The lowest BCUT2D eigenvalue weighted by molar-refractivity contribution is -0.122. The van der Waals surface area contributed by atoms with E-state index >= 15 is 0 Å². The minimum absolute atomic E-state index is 0.124. The fourth-order valence-electron chi connectivity index (χ4n) is 3.24. The van der Waals surface area contributed by atoms with Gasteiger partial charge < -0.3 is 4.74 Å². The fourth-order valence-corrected chi connectivity index (χ4v) is 5.15. The molecule has 0 radical (unpaired) electrons. The number of carbonyl (C=O) groups excluding carboxylic acids is 3. The first kappa shape index (κ1) is 25.4. The van der Waals surface area contributed by atoms with Crippen LogP contribution >= 0.6 is 55.1 Å². The molecule has 0 aromatic heterocycles. The number of carbonyl (C=O) groups is 3. The number of nitrogens with one attached hydrogen (secondary N) is 1. The molecule has 4 amide bonds. The van der Waals surface area contributed by atoms with E-state index in [4.69, 9.17) is 27.9 Å². The molecule has 0 saturated carbocycles. The van der Waals surface area contributed by atoms with E-state index in [0.29, 0.717) is 30.3 Å². The zero-order chi connectivity index (χ0) is 25.3. The van der Waals surface area contributed by atoms with Crippen LogP contribution in [0.3, 0.4) is 0 Å². The maximum atomic E-state index is 13.3. The van der Waals surface area contributed by atoms with Crippen LogP contribution in [-0.2, 0) is 16.2 Å². The molecule has 0 bridgehead atoms. The summed E-state index contributed by atoms with van der Waals surface area (Å²) in [5.41, 5.74) is 1.07. The van der Waals surface area contributed by atoms with Crippen molar-refractivity contribution in [2.75, 3.05) is 4.90 Å². The molecule has 35 heavy (non-hydrogen) atoms. The van der Waals surface area contributed by atoms with Crippen LogP contribution in [0.2, 0.25) is 10.0 Å². The Morgan fingerprint density at radius 2 is 1.63 bits per heavy atom. The van der Waals surface area contributed by atoms with Gasteiger partial charge in [0.15, 0.2) is 0 Å². The van der Waals surface area contributed by atoms with Crippen LogP contribution in [0.4, 0.5) is 14.9 Å². The molecule has 1 aliphatic rings. The molecule has 0 aliphatic carbocycles. The van der Waals surface area contributed by atoms with E-state index in [0.717, 1.165) is 22.6 Å². The highest BCUT2D eigenvalue weighted by molar-refractivity contribution is 9.11. The molecule has 4 rings (SSSR count). The lowest BCUT2D eigenvalue weighted by Gasteiger charge is -2.26. The van der Waals surface area contributed by atoms with Crippen molar-refractivity contribution in [1.29, 1.82) is 0 Å². The molecule has 1 aliphatic heterocycles. The first-order chi connectivity index (χ1) is 16.6. The Morgan fingerprint density at radius 1 is 0.971 bits per heavy atom. The fraction of sp³-hybridized carbons (Fsp3) is 0.0417. The van der Waals surface area contributed by atoms with Crippen molar-refractivity contribution < 1.29 is 23.5 Å². The third-order valence-electron chi connectivity index (χ3n) is 4.91. The topological polar surface area (TPSA) is 75.7 Å². The summed E-state index contributed by atoms with van der Waals surface area (Å²) >= 11 is 19.0. The number of ether oxygens (including phenoxy) is 1. The van der Waals surface area contributed by atoms with Gasteiger partial charge >= 0.3 is 6.03 Å². The zero-order valence-electron chi connectivity index (χ0n) is 17.5. The predicted molar refractivity (Wildman–Crippen MR) is 138 cm³/mol. The normalized spacial score (nSPS) is 14.9. The molecule has 3 aromatic rings. The van der Waals surface area contributed by atoms with Crippen molar-refractivity contribution in [3.05, 3.63) is 96.1 Å². The van der Waals surface area contributed by atoms with Gasteiger partial charge in [0.1, 0.15) is 23.7 Å². The Morgan fingerprint density at radius 3 is 2.26 bits per heavy atom. The summed E-state index contributed by atoms with van der Waals surface area (Å²) in [7, 11) is 0. The third kappa shape index (κ3) is 5.59. The summed E-state index contributed by atoms with van der Waals surface area (Å²) < 4.78 is 20.2. The van der Waals surface area contributed by atoms with Gasteiger partial charge in [0.25, 0.3) is 11.8 Å². The van der Waals surface area contributed by atoms with Gasteiger partial charge in [-0.2, -0.15) is 0 Å². The van der Waals surface area contributed by atoms with Gasteiger partial charge in [-0.15, -0.1) is 0 Å². The number of benzene rings is 3. The van der Waals surface area contributed by atoms with E-state index in [1.165, 1.54) is 18.2 Å². The number of nitrogens with zero attached hydrogens (tertiary/aromatic N) is 1. The van der Waals surface area contributed by atoms with Crippen LogP contribution in [-0.4, -0.2) is 17.8 Å². The van der Waals surface area contributed by atoms with Gasteiger partial charge in [-0.3, -0.25) is 14.9 Å². The van der Waals surface area contributed by atoms with E-state index in [9.17, 15) is 18.8 Å². The van der Waals surface area contributed by atoms with Crippen LogP contribution in [0, 0.1) is 5.82 Å². The number of hydrogen-bond donors (Lipinski definition) is 1. The lowest BCUT2D eigenvalue weighted by atomic mass is 10.1. The Kier molecular flexibility index (Phi) is 7.61. The Balaban J connectivity index is 1.60. The molecule has 0 spiro atoms. The second-order valence-corrected chi connectivity index (χ2v) is 9.82. The number of imide groups is 2. The maximum Gasteiger partial charge on any atom is 0.335 e. The van der Waals surface area contributed by atoms with E-state index in [1.807, 2.05) is 0 Å². The van der Waals surface area contributed by atoms with Gasteiger partial charge in [-0.25, -0.2) is 14.1 Å². The molecular formula is C24H13Br2Cl2FN2O4. The van der Waals surface area contributed by atoms with Gasteiger partial charge in [0.2, 0.25) is 0 Å². The molecule has 0 unspecified atom stereocenters. The standard InChI is InChI=1S/C24H13Br2Cl2FN2O4/c25-18-8-12(9-19(26)21(18)35-11-13-1-2-14(27)10-20(13)28)7-17-22(32)30-24(34)31(23(17)33)16-5-3-15(29)4-6-16/h1-10H,11H2,(H,30,32,34)/b17-7+. The summed E-state index contributed by atoms with van der Waals surface area (Å²) in [5, 5.41) is 3.11. The van der Waals surface area contributed by atoms with Crippen molar-refractivity contribution in [2.45, 2.75) is 6.61 Å². The predicted octanol–water partition coefficient (Wildman–Crippen LogP) is 6.90. The number of hydrogen-bond acceptors (Lipinski definition) is 4. The number of halogens is 5. The Bertz CT molecular complexity index is 1370. The van der Waals surface area contributed by atoms with Crippen molar-refractivity contribution in [1.82, 2.24) is 5.32 Å². The molecule has 1 N–H and O–H groups in total. The summed E-state index contributed by atoms with van der Waals surface area (Å²) in [4.78, 5) is 38.5. The highest BCUT2D eigenvalue weighted by Gasteiger charge is 2.36. The molecule has 6 nitrogen and oxygen atoms in total. The smallest absolute Gasteiger partial charge is 0.335 e. The first-order valence-electron chi connectivity index (χ1n) is 9.87.